The van der Waals surface area contributed by atoms with Crippen LogP contribution in [0.15, 0.2) is 24.3 Å². The molecule has 1 saturated heterocycles. The number of benzene rings is 1. The van der Waals surface area contributed by atoms with Gasteiger partial charge >= 0.3 is 0 Å². The zero-order valence-corrected chi connectivity index (χ0v) is 14.6. The van der Waals surface area contributed by atoms with E-state index in [1.807, 2.05) is 17.0 Å². The van der Waals surface area contributed by atoms with Gasteiger partial charge in [-0.2, -0.15) is 0 Å². The van der Waals surface area contributed by atoms with Crippen molar-refractivity contribution in [3.05, 3.63) is 29.8 Å². The lowest BCUT2D eigenvalue weighted by molar-refractivity contribution is -0.122. The Morgan fingerprint density at radius 1 is 1.17 bits per heavy atom. The van der Waals surface area contributed by atoms with E-state index in [1.165, 1.54) is 0 Å². The molecule has 0 aromatic heterocycles. The van der Waals surface area contributed by atoms with E-state index in [0.29, 0.717) is 44.0 Å². The van der Waals surface area contributed by atoms with Crippen molar-refractivity contribution in [3.8, 4) is 5.75 Å². The summed E-state index contributed by atoms with van der Waals surface area (Å²) >= 11 is 0. The van der Waals surface area contributed by atoms with E-state index >= 15 is 0 Å². The fraction of sp³-hybridized carbons (Fsp3) is 0.556. The fourth-order valence-corrected chi connectivity index (χ4v) is 2.76. The lowest BCUT2D eigenvalue weighted by Crippen LogP contribution is -2.51. The highest BCUT2D eigenvalue weighted by atomic mass is 16.5. The maximum atomic E-state index is 12.6. The van der Waals surface area contributed by atoms with Gasteiger partial charge in [-0.15, -0.1) is 0 Å². The summed E-state index contributed by atoms with van der Waals surface area (Å²) < 4.78 is 5.27. The molecule has 0 unspecified atom stereocenters. The molecule has 0 aliphatic carbocycles. The van der Waals surface area contributed by atoms with Gasteiger partial charge in [0.2, 0.25) is 5.91 Å². The fourth-order valence-electron chi connectivity index (χ4n) is 2.76. The van der Waals surface area contributed by atoms with Gasteiger partial charge in [-0.05, 0) is 18.6 Å². The number of unbranched alkanes of at least 4 members (excludes halogenated alkanes) is 1. The second-order valence-corrected chi connectivity index (χ2v) is 5.97. The molecule has 24 heavy (non-hydrogen) atoms. The van der Waals surface area contributed by atoms with Gasteiger partial charge in [-0.3, -0.25) is 14.5 Å². The Balaban J connectivity index is 1.82. The third-order valence-electron chi connectivity index (χ3n) is 4.22. The number of nitrogens with one attached hydrogen (secondary N) is 1. The molecular formula is C18H27N3O3. The summed E-state index contributed by atoms with van der Waals surface area (Å²) in [7, 11) is 1.57. The zero-order chi connectivity index (χ0) is 17.4. The summed E-state index contributed by atoms with van der Waals surface area (Å²) in [4.78, 5) is 28.4. The van der Waals surface area contributed by atoms with Gasteiger partial charge in [-0.25, -0.2) is 0 Å². The van der Waals surface area contributed by atoms with Crippen LogP contribution in [0.25, 0.3) is 0 Å². The molecule has 6 heteroatoms. The van der Waals surface area contributed by atoms with Crippen LogP contribution < -0.4 is 10.1 Å². The van der Waals surface area contributed by atoms with Crippen molar-refractivity contribution in [3.63, 3.8) is 0 Å². The second kappa shape index (κ2) is 9.27. The van der Waals surface area contributed by atoms with Gasteiger partial charge < -0.3 is 15.0 Å². The Morgan fingerprint density at radius 3 is 2.54 bits per heavy atom. The molecule has 0 bridgehead atoms. The molecule has 0 atom stereocenters. The van der Waals surface area contributed by atoms with Crippen molar-refractivity contribution in [2.45, 2.75) is 19.8 Å². The van der Waals surface area contributed by atoms with Crippen LogP contribution in [0.2, 0.25) is 0 Å². The molecule has 132 valence electrons. The van der Waals surface area contributed by atoms with E-state index in [-0.39, 0.29) is 11.8 Å². The number of ether oxygens (including phenoxy) is 1. The van der Waals surface area contributed by atoms with Crippen LogP contribution in [0.1, 0.15) is 30.1 Å². The lowest BCUT2D eigenvalue weighted by Gasteiger charge is -2.34. The van der Waals surface area contributed by atoms with E-state index < -0.39 is 0 Å². The first-order valence-corrected chi connectivity index (χ1v) is 8.57. The molecule has 2 amide bonds. The maximum Gasteiger partial charge on any atom is 0.257 e. The topological polar surface area (TPSA) is 61.9 Å². The highest BCUT2D eigenvalue weighted by Gasteiger charge is 2.24. The van der Waals surface area contributed by atoms with E-state index in [4.69, 9.17) is 4.74 Å². The number of methoxy groups -OCH3 is 1. The molecule has 0 radical (unpaired) electrons. The van der Waals surface area contributed by atoms with Gasteiger partial charge in [0, 0.05) is 32.7 Å². The van der Waals surface area contributed by atoms with E-state index in [0.717, 1.165) is 19.4 Å². The Morgan fingerprint density at radius 2 is 1.88 bits per heavy atom. The summed E-state index contributed by atoms with van der Waals surface area (Å²) in [5.74, 6) is 0.646. The minimum Gasteiger partial charge on any atom is -0.496 e. The molecule has 0 spiro atoms. The number of piperazine rings is 1. The summed E-state index contributed by atoms with van der Waals surface area (Å²) in [5.41, 5.74) is 0.589. The van der Waals surface area contributed by atoms with Crippen molar-refractivity contribution in [1.82, 2.24) is 15.1 Å². The molecule has 1 heterocycles. The van der Waals surface area contributed by atoms with E-state index in [2.05, 4.69) is 17.1 Å². The Labute approximate surface area is 143 Å². The van der Waals surface area contributed by atoms with Gasteiger partial charge in [0.05, 0.1) is 19.2 Å². The van der Waals surface area contributed by atoms with Crippen LogP contribution in [0.3, 0.4) is 0 Å². The first kappa shape index (κ1) is 18.3. The van der Waals surface area contributed by atoms with E-state index in [9.17, 15) is 9.59 Å². The van der Waals surface area contributed by atoms with Crippen molar-refractivity contribution in [1.29, 1.82) is 0 Å². The normalized spacial score (nSPS) is 15.2. The summed E-state index contributed by atoms with van der Waals surface area (Å²) in [5, 5.41) is 2.93. The summed E-state index contributed by atoms with van der Waals surface area (Å²) in [6, 6.07) is 7.27. The molecule has 1 aliphatic rings. The average molecular weight is 333 g/mol. The van der Waals surface area contributed by atoms with Crippen molar-refractivity contribution < 1.29 is 14.3 Å². The second-order valence-electron chi connectivity index (χ2n) is 5.97. The molecule has 2 rings (SSSR count). The maximum absolute atomic E-state index is 12.6. The predicted octanol–water partition coefficient (Wildman–Crippen LogP) is 1.37. The molecule has 1 aromatic carbocycles. The van der Waals surface area contributed by atoms with E-state index in [1.54, 1.807) is 19.2 Å². The number of nitrogens with zero attached hydrogens (tertiary/aromatic N) is 2. The molecule has 1 aromatic rings. The molecule has 1 fully saturated rings. The third-order valence-corrected chi connectivity index (χ3v) is 4.22. The minimum absolute atomic E-state index is 0.0144. The molecular weight excluding hydrogens is 306 g/mol. The number of carbonyl (C=O) groups is 2. The SMILES string of the molecule is CCCCNC(=O)CN1CCN(C(=O)c2ccccc2OC)CC1. The minimum atomic E-state index is -0.0144. The van der Waals surface area contributed by atoms with Crippen LogP contribution in [-0.4, -0.2) is 68.0 Å². The quantitative estimate of drug-likeness (QED) is 0.766. The lowest BCUT2D eigenvalue weighted by atomic mass is 10.1. The number of hydrogen-bond acceptors (Lipinski definition) is 4. The van der Waals surface area contributed by atoms with Crippen LogP contribution in [0.4, 0.5) is 0 Å². The van der Waals surface area contributed by atoms with Crippen molar-refractivity contribution in [2.75, 3.05) is 46.4 Å². The number of hydrogen-bond donors (Lipinski definition) is 1. The number of para-hydroxylation sites is 1. The third kappa shape index (κ3) is 4.96. The zero-order valence-electron chi connectivity index (χ0n) is 14.6. The van der Waals surface area contributed by atoms with Crippen LogP contribution in [0, 0.1) is 0 Å². The average Bonchev–Trinajstić information content (AvgIpc) is 2.62. The largest absolute Gasteiger partial charge is 0.496 e. The van der Waals surface area contributed by atoms with Gasteiger partial charge in [0.1, 0.15) is 5.75 Å². The first-order chi connectivity index (χ1) is 11.7. The smallest absolute Gasteiger partial charge is 0.257 e. The molecule has 6 nitrogen and oxygen atoms in total. The Bertz CT molecular complexity index is 554. The number of rotatable bonds is 7. The predicted molar refractivity (Wildman–Crippen MR) is 93.3 cm³/mol. The van der Waals surface area contributed by atoms with Gasteiger partial charge in [0.25, 0.3) is 5.91 Å². The van der Waals surface area contributed by atoms with Gasteiger partial charge in [0.15, 0.2) is 0 Å². The van der Waals surface area contributed by atoms with Crippen LogP contribution in [0.5, 0.6) is 5.75 Å². The van der Waals surface area contributed by atoms with Gasteiger partial charge in [-0.1, -0.05) is 25.5 Å². The van der Waals surface area contributed by atoms with Crippen LogP contribution in [-0.2, 0) is 4.79 Å². The van der Waals surface area contributed by atoms with Crippen molar-refractivity contribution >= 4 is 11.8 Å². The Hall–Kier alpha value is -2.08. The number of carbonyl (C=O) groups excluding carboxylic acids is 2. The first-order valence-electron chi connectivity index (χ1n) is 8.57. The monoisotopic (exact) mass is 333 g/mol. The standard InChI is InChI=1S/C18H27N3O3/c1-3-4-9-19-17(22)14-20-10-12-21(13-11-20)18(23)15-7-5-6-8-16(15)24-2/h5-8H,3-4,9-14H2,1-2H3,(H,19,22). The van der Waals surface area contributed by atoms with Crippen molar-refractivity contribution in [2.24, 2.45) is 0 Å². The summed E-state index contributed by atoms with van der Waals surface area (Å²) in [6.07, 6.45) is 2.08. The summed E-state index contributed by atoms with van der Waals surface area (Å²) in [6.45, 7) is 5.91. The number of amides is 2. The molecule has 0 saturated carbocycles. The van der Waals surface area contributed by atoms with Crippen LogP contribution >= 0.6 is 0 Å². The molecule has 1 aliphatic heterocycles. The highest BCUT2D eigenvalue weighted by Crippen LogP contribution is 2.20. The Kier molecular flexibility index (Phi) is 7.06. The molecule has 1 N–H and O–H groups in total. The highest BCUT2D eigenvalue weighted by molar-refractivity contribution is 5.97.